The van der Waals surface area contributed by atoms with E-state index < -0.39 is 0 Å². The van der Waals surface area contributed by atoms with Crippen LogP contribution in [-0.4, -0.2) is 11.6 Å². The van der Waals surface area contributed by atoms with Gasteiger partial charge in [-0.1, -0.05) is 17.7 Å². The minimum atomic E-state index is -0.175. The molecule has 17 heavy (non-hydrogen) atoms. The fourth-order valence-electron chi connectivity index (χ4n) is 3.09. The van der Waals surface area contributed by atoms with Crippen LogP contribution in [0, 0.1) is 23.7 Å². The third-order valence-corrected chi connectivity index (χ3v) is 3.64. The highest BCUT2D eigenvalue weighted by molar-refractivity contribution is 5.89. The van der Waals surface area contributed by atoms with E-state index in [4.69, 9.17) is 0 Å². The summed E-state index contributed by atoms with van der Waals surface area (Å²) in [5, 5.41) is 0. The van der Waals surface area contributed by atoms with E-state index in [1.54, 1.807) is 13.8 Å². The summed E-state index contributed by atoms with van der Waals surface area (Å²) in [7, 11) is 0. The Morgan fingerprint density at radius 1 is 1.00 bits per heavy atom. The van der Waals surface area contributed by atoms with Crippen LogP contribution in [0.25, 0.3) is 0 Å². The van der Waals surface area contributed by atoms with Crippen molar-refractivity contribution < 1.29 is 9.59 Å². The van der Waals surface area contributed by atoms with Gasteiger partial charge in [-0.05, 0) is 46.0 Å². The molecule has 94 valence electrons. The summed E-state index contributed by atoms with van der Waals surface area (Å²) < 4.78 is 0. The Balaban J connectivity index is 3.10. The van der Waals surface area contributed by atoms with Crippen molar-refractivity contribution in [3.8, 4) is 0 Å². The second-order valence-electron chi connectivity index (χ2n) is 5.32. The summed E-state index contributed by atoms with van der Waals surface area (Å²) in [5.74, 6) is 0.226. The fraction of sp³-hybridized carbons (Fsp3) is 0.600. The van der Waals surface area contributed by atoms with Gasteiger partial charge in [0, 0.05) is 11.8 Å². The van der Waals surface area contributed by atoms with Crippen molar-refractivity contribution in [1.29, 1.82) is 0 Å². The molecule has 4 unspecified atom stereocenters. The second-order valence-corrected chi connectivity index (χ2v) is 5.32. The minimum Gasteiger partial charge on any atom is -0.300 e. The van der Waals surface area contributed by atoms with Gasteiger partial charge < -0.3 is 0 Å². The smallest absolute Gasteiger partial charge is 0.134 e. The third kappa shape index (κ3) is 2.93. The van der Waals surface area contributed by atoms with Crippen molar-refractivity contribution in [3.05, 3.63) is 24.3 Å². The van der Waals surface area contributed by atoms with Gasteiger partial charge in [0.2, 0.25) is 0 Å². The first-order chi connectivity index (χ1) is 7.88. The van der Waals surface area contributed by atoms with Crippen LogP contribution in [0.15, 0.2) is 24.3 Å². The molecule has 0 N–H and O–H groups in total. The van der Waals surface area contributed by atoms with E-state index in [9.17, 15) is 9.59 Å². The molecule has 0 aromatic rings. The Morgan fingerprint density at radius 3 is 1.82 bits per heavy atom. The number of carbonyl (C=O) groups is 2. The van der Waals surface area contributed by atoms with Crippen molar-refractivity contribution >= 4 is 11.6 Å². The van der Waals surface area contributed by atoms with E-state index >= 15 is 0 Å². The number of carbonyl (C=O) groups excluding carboxylic acids is 2. The van der Waals surface area contributed by atoms with Gasteiger partial charge in [0.1, 0.15) is 11.6 Å². The topological polar surface area (TPSA) is 34.1 Å². The molecule has 1 aliphatic carbocycles. The average molecular weight is 234 g/mol. The zero-order chi connectivity index (χ0) is 13.2. The van der Waals surface area contributed by atoms with Gasteiger partial charge in [-0.15, -0.1) is 6.58 Å². The summed E-state index contributed by atoms with van der Waals surface area (Å²) >= 11 is 0. The highest BCUT2D eigenvalue weighted by Crippen LogP contribution is 2.44. The van der Waals surface area contributed by atoms with Crippen LogP contribution >= 0.6 is 0 Å². The van der Waals surface area contributed by atoms with Crippen LogP contribution < -0.4 is 0 Å². The lowest BCUT2D eigenvalue weighted by molar-refractivity contribution is -0.130. The maximum absolute atomic E-state index is 11.8. The number of hydrogen-bond donors (Lipinski definition) is 0. The lowest BCUT2D eigenvalue weighted by Crippen LogP contribution is -2.28. The molecule has 0 radical (unpaired) electrons. The molecule has 1 saturated carbocycles. The van der Waals surface area contributed by atoms with E-state index in [0.29, 0.717) is 0 Å². The van der Waals surface area contributed by atoms with Gasteiger partial charge in [-0.25, -0.2) is 0 Å². The maximum Gasteiger partial charge on any atom is 0.134 e. The van der Waals surface area contributed by atoms with Gasteiger partial charge in [0.25, 0.3) is 0 Å². The highest BCUT2D eigenvalue weighted by atomic mass is 16.1. The normalized spacial score (nSPS) is 32.0. The van der Waals surface area contributed by atoms with E-state index in [-0.39, 0.29) is 35.2 Å². The predicted octanol–water partition coefficient (Wildman–Crippen LogP) is 3.19. The number of ketones is 2. The van der Waals surface area contributed by atoms with Crippen LogP contribution in [0.4, 0.5) is 0 Å². The van der Waals surface area contributed by atoms with E-state index in [1.807, 2.05) is 19.9 Å². The number of allylic oxidation sites excluding steroid dienone is 3. The SMILES string of the molecule is C=CC1CC(C=C(C)C)C(C(C)=O)C1C(C)=O. The first-order valence-electron chi connectivity index (χ1n) is 6.17. The third-order valence-electron chi connectivity index (χ3n) is 3.64. The van der Waals surface area contributed by atoms with Gasteiger partial charge in [0.15, 0.2) is 0 Å². The molecule has 0 heterocycles. The largest absolute Gasteiger partial charge is 0.300 e. The van der Waals surface area contributed by atoms with Crippen LogP contribution in [-0.2, 0) is 9.59 Å². The van der Waals surface area contributed by atoms with E-state index in [1.165, 1.54) is 5.57 Å². The Bertz CT molecular complexity index is 361. The molecular formula is C15H22O2. The Labute approximate surface area is 104 Å². The first-order valence-corrected chi connectivity index (χ1v) is 6.17. The summed E-state index contributed by atoms with van der Waals surface area (Å²) in [5.41, 5.74) is 1.20. The molecule has 0 spiro atoms. The standard InChI is InChI=1S/C15H22O2/c1-6-12-8-13(7-9(2)3)15(11(5)17)14(12)10(4)16/h6-7,12-15H,1,8H2,2-5H3. The molecule has 0 aromatic carbocycles. The van der Waals surface area contributed by atoms with E-state index in [0.717, 1.165) is 6.42 Å². The maximum atomic E-state index is 11.8. The molecular weight excluding hydrogens is 212 g/mol. The van der Waals surface area contributed by atoms with Crippen molar-refractivity contribution in [2.75, 3.05) is 0 Å². The van der Waals surface area contributed by atoms with Crippen molar-refractivity contribution in [3.63, 3.8) is 0 Å². The summed E-state index contributed by atoms with van der Waals surface area (Å²) in [6.45, 7) is 11.0. The molecule has 4 atom stereocenters. The molecule has 1 aliphatic rings. The monoisotopic (exact) mass is 234 g/mol. The quantitative estimate of drug-likeness (QED) is 0.700. The molecule has 0 bridgehead atoms. The minimum absolute atomic E-state index is 0.111. The molecule has 0 amide bonds. The molecule has 1 fully saturated rings. The van der Waals surface area contributed by atoms with Crippen LogP contribution in [0.2, 0.25) is 0 Å². The van der Waals surface area contributed by atoms with Crippen molar-refractivity contribution in [1.82, 2.24) is 0 Å². The van der Waals surface area contributed by atoms with Crippen molar-refractivity contribution in [2.24, 2.45) is 23.7 Å². The number of rotatable bonds is 4. The Hall–Kier alpha value is -1.18. The number of hydrogen-bond acceptors (Lipinski definition) is 2. The summed E-state index contributed by atoms with van der Waals surface area (Å²) in [6.07, 6.45) is 4.83. The van der Waals surface area contributed by atoms with E-state index in [2.05, 4.69) is 12.7 Å². The highest BCUT2D eigenvalue weighted by Gasteiger charge is 2.45. The van der Waals surface area contributed by atoms with Crippen LogP contribution in [0.5, 0.6) is 0 Å². The van der Waals surface area contributed by atoms with Gasteiger partial charge in [-0.3, -0.25) is 9.59 Å². The molecule has 2 nitrogen and oxygen atoms in total. The van der Waals surface area contributed by atoms with Gasteiger partial charge in [-0.2, -0.15) is 0 Å². The van der Waals surface area contributed by atoms with Gasteiger partial charge >= 0.3 is 0 Å². The Morgan fingerprint density at radius 2 is 1.47 bits per heavy atom. The molecule has 0 saturated heterocycles. The van der Waals surface area contributed by atoms with Crippen molar-refractivity contribution in [2.45, 2.75) is 34.1 Å². The molecule has 0 aromatic heterocycles. The summed E-state index contributed by atoms with van der Waals surface area (Å²) in [4.78, 5) is 23.5. The predicted molar refractivity (Wildman–Crippen MR) is 69.6 cm³/mol. The summed E-state index contributed by atoms with van der Waals surface area (Å²) in [6, 6.07) is 0. The number of Topliss-reactive ketones (excluding diaryl/α,β-unsaturated/α-hetero) is 2. The second kappa shape index (κ2) is 5.44. The fourth-order valence-corrected chi connectivity index (χ4v) is 3.09. The first kappa shape index (κ1) is 13.9. The zero-order valence-electron chi connectivity index (χ0n) is 11.2. The lowest BCUT2D eigenvalue weighted by Gasteiger charge is -2.20. The molecule has 1 rings (SSSR count). The van der Waals surface area contributed by atoms with Crippen LogP contribution in [0.3, 0.4) is 0 Å². The van der Waals surface area contributed by atoms with Gasteiger partial charge in [0.05, 0.1) is 0 Å². The zero-order valence-corrected chi connectivity index (χ0v) is 11.2. The molecule has 0 aliphatic heterocycles. The lowest BCUT2D eigenvalue weighted by atomic mass is 9.81. The average Bonchev–Trinajstić information content (AvgIpc) is 2.55. The molecule has 2 heteroatoms. The van der Waals surface area contributed by atoms with Crippen LogP contribution in [0.1, 0.15) is 34.1 Å². The Kier molecular flexibility index (Phi) is 4.44.